The topological polar surface area (TPSA) is 41.1 Å². The highest BCUT2D eigenvalue weighted by atomic mass is 35.5. The van der Waals surface area contributed by atoms with Gasteiger partial charge in [0.15, 0.2) is 5.11 Å². The van der Waals surface area contributed by atoms with Crippen LogP contribution in [0.2, 0.25) is 20.1 Å². The number of benzene rings is 2. The molecule has 0 saturated heterocycles. The molecule has 0 fully saturated rings. The van der Waals surface area contributed by atoms with Gasteiger partial charge in [0, 0.05) is 32.2 Å². The number of hydrogen-bond acceptors (Lipinski definition) is 2. The van der Waals surface area contributed by atoms with Gasteiger partial charge in [0.25, 0.3) is 5.91 Å². The van der Waals surface area contributed by atoms with E-state index in [0.29, 0.717) is 32.2 Å². The van der Waals surface area contributed by atoms with Crippen molar-refractivity contribution in [2.75, 3.05) is 0 Å². The number of halogens is 4. The lowest BCUT2D eigenvalue weighted by atomic mass is 10.2. The van der Waals surface area contributed by atoms with Gasteiger partial charge in [-0.25, -0.2) is 0 Å². The molecule has 0 spiro atoms. The number of carbonyl (C=O) groups excluding carboxylic acids is 1. The van der Waals surface area contributed by atoms with Crippen LogP contribution in [0.4, 0.5) is 0 Å². The van der Waals surface area contributed by atoms with Gasteiger partial charge in [0.2, 0.25) is 0 Å². The van der Waals surface area contributed by atoms with Crippen LogP contribution in [0.15, 0.2) is 36.4 Å². The Morgan fingerprint density at radius 1 is 0.957 bits per heavy atom. The van der Waals surface area contributed by atoms with Crippen LogP contribution in [-0.2, 0) is 6.54 Å². The first-order chi connectivity index (χ1) is 10.8. The van der Waals surface area contributed by atoms with E-state index in [1.54, 1.807) is 24.3 Å². The van der Waals surface area contributed by atoms with Crippen molar-refractivity contribution >= 4 is 69.6 Å². The van der Waals surface area contributed by atoms with Gasteiger partial charge in [0.05, 0.1) is 0 Å². The molecule has 0 aromatic heterocycles. The highest BCUT2D eigenvalue weighted by Crippen LogP contribution is 2.21. The van der Waals surface area contributed by atoms with Gasteiger partial charge in [-0.2, -0.15) is 0 Å². The summed E-state index contributed by atoms with van der Waals surface area (Å²) in [7, 11) is 0. The number of nitrogens with one attached hydrogen (secondary N) is 2. The average molecular weight is 408 g/mol. The third-order valence-corrected chi connectivity index (χ3v) is 4.08. The van der Waals surface area contributed by atoms with Crippen LogP contribution in [0.3, 0.4) is 0 Å². The standard InChI is InChI=1S/C15H10Cl4N2OS/c16-10-2-1-8(13(19)6-10)7-20-15(23)21-14(22)9-3-11(17)5-12(18)4-9/h1-6H,7H2,(H2,20,21,22,23). The Hall–Kier alpha value is -1.04. The van der Waals surface area contributed by atoms with Crippen LogP contribution < -0.4 is 10.6 Å². The van der Waals surface area contributed by atoms with Crippen molar-refractivity contribution in [2.45, 2.75) is 6.54 Å². The average Bonchev–Trinajstić information content (AvgIpc) is 2.45. The van der Waals surface area contributed by atoms with Crippen LogP contribution in [0.5, 0.6) is 0 Å². The normalized spacial score (nSPS) is 10.3. The molecule has 0 aliphatic heterocycles. The molecule has 2 rings (SSSR count). The van der Waals surface area contributed by atoms with Gasteiger partial charge in [-0.3, -0.25) is 10.1 Å². The number of thiocarbonyl (C=S) groups is 1. The second-order valence-electron chi connectivity index (χ2n) is 4.53. The summed E-state index contributed by atoms with van der Waals surface area (Å²) in [5.74, 6) is -0.408. The largest absolute Gasteiger partial charge is 0.358 e. The molecule has 1 amide bonds. The summed E-state index contributed by atoms with van der Waals surface area (Å²) >= 11 is 28.7. The predicted molar refractivity (Wildman–Crippen MR) is 99.8 cm³/mol. The zero-order valence-corrected chi connectivity index (χ0v) is 15.3. The molecule has 120 valence electrons. The molecular weight excluding hydrogens is 398 g/mol. The SMILES string of the molecule is O=C(NC(=S)NCc1ccc(Cl)cc1Cl)c1cc(Cl)cc(Cl)c1. The summed E-state index contributed by atoms with van der Waals surface area (Å²) in [6.07, 6.45) is 0. The van der Waals surface area contributed by atoms with E-state index < -0.39 is 5.91 Å². The smallest absolute Gasteiger partial charge is 0.257 e. The Labute approximate surface area is 158 Å². The number of rotatable bonds is 3. The molecule has 0 heterocycles. The molecule has 0 atom stereocenters. The van der Waals surface area contributed by atoms with Crippen molar-refractivity contribution in [2.24, 2.45) is 0 Å². The van der Waals surface area contributed by atoms with Crippen molar-refractivity contribution in [1.82, 2.24) is 10.6 Å². The van der Waals surface area contributed by atoms with Crippen molar-refractivity contribution < 1.29 is 4.79 Å². The van der Waals surface area contributed by atoms with Crippen molar-refractivity contribution in [3.63, 3.8) is 0 Å². The van der Waals surface area contributed by atoms with Gasteiger partial charge < -0.3 is 5.32 Å². The minimum absolute atomic E-state index is 0.164. The van der Waals surface area contributed by atoms with E-state index in [9.17, 15) is 4.79 Å². The lowest BCUT2D eigenvalue weighted by Gasteiger charge is -2.11. The maximum absolute atomic E-state index is 12.1. The third kappa shape index (κ3) is 5.52. The van der Waals surface area contributed by atoms with E-state index in [4.69, 9.17) is 58.6 Å². The minimum Gasteiger partial charge on any atom is -0.358 e. The quantitative estimate of drug-likeness (QED) is 0.695. The summed E-state index contributed by atoms with van der Waals surface area (Å²) < 4.78 is 0. The van der Waals surface area contributed by atoms with Gasteiger partial charge in [0.1, 0.15) is 0 Å². The monoisotopic (exact) mass is 406 g/mol. The minimum atomic E-state index is -0.408. The third-order valence-electron chi connectivity index (χ3n) is 2.81. The van der Waals surface area contributed by atoms with Crippen LogP contribution in [-0.4, -0.2) is 11.0 Å². The molecule has 0 aliphatic rings. The number of carbonyl (C=O) groups is 1. The summed E-state index contributed by atoms with van der Waals surface area (Å²) in [4.78, 5) is 12.1. The van der Waals surface area contributed by atoms with E-state index in [0.717, 1.165) is 5.56 Å². The summed E-state index contributed by atoms with van der Waals surface area (Å²) in [6, 6.07) is 9.68. The van der Waals surface area contributed by atoms with Gasteiger partial charge in [-0.1, -0.05) is 52.5 Å². The van der Waals surface area contributed by atoms with Crippen molar-refractivity contribution in [3.8, 4) is 0 Å². The fourth-order valence-corrected chi connectivity index (χ4v) is 2.91. The van der Waals surface area contributed by atoms with E-state index in [1.807, 2.05) is 0 Å². The molecule has 0 radical (unpaired) electrons. The predicted octanol–water partition coefficient (Wildman–Crippen LogP) is 5.10. The summed E-state index contributed by atoms with van der Waals surface area (Å²) in [5, 5.41) is 7.41. The van der Waals surface area contributed by atoms with Crippen LogP contribution in [0.1, 0.15) is 15.9 Å². The first-order valence-electron chi connectivity index (χ1n) is 6.34. The van der Waals surface area contributed by atoms with Crippen molar-refractivity contribution in [3.05, 3.63) is 67.6 Å². The van der Waals surface area contributed by atoms with E-state index in [2.05, 4.69) is 10.6 Å². The fraction of sp³-hybridized carbons (Fsp3) is 0.0667. The van der Waals surface area contributed by atoms with E-state index in [-0.39, 0.29) is 5.11 Å². The van der Waals surface area contributed by atoms with Crippen molar-refractivity contribution in [1.29, 1.82) is 0 Å². The summed E-state index contributed by atoms with van der Waals surface area (Å²) in [5.41, 5.74) is 1.12. The molecule has 23 heavy (non-hydrogen) atoms. The highest BCUT2D eigenvalue weighted by molar-refractivity contribution is 7.80. The molecule has 2 N–H and O–H groups in total. The van der Waals surface area contributed by atoms with Crippen LogP contribution >= 0.6 is 58.6 Å². The molecule has 3 nitrogen and oxygen atoms in total. The maximum atomic E-state index is 12.1. The lowest BCUT2D eigenvalue weighted by molar-refractivity contribution is 0.0976. The lowest BCUT2D eigenvalue weighted by Crippen LogP contribution is -2.38. The number of amides is 1. The van der Waals surface area contributed by atoms with Crippen LogP contribution in [0.25, 0.3) is 0 Å². The molecular formula is C15H10Cl4N2OS. The molecule has 0 saturated carbocycles. The zero-order chi connectivity index (χ0) is 17.0. The Balaban J connectivity index is 1.95. The van der Waals surface area contributed by atoms with Gasteiger partial charge in [-0.05, 0) is 48.1 Å². The molecule has 2 aromatic carbocycles. The Morgan fingerprint density at radius 3 is 2.22 bits per heavy atom. The van der Waals surface area contributed by atoms with E-state index >= 15 is 0 Å². The molecule has 0 bridgehead atoms. The first-order valence-corrected chi connectivity index (χ1v) is 8.26. The molecule has 8 heteroatoms. The Bertz CT molecular complexity index is 747. The Kier molecular flexibility index (Phi) is 6.50. The first kappa shape index (κ1) is 18.3. The van der Waals surface area contributed by atoms with Crippen LogP contribution in [0, 0.1) is 0 Å². The zero-order valence-electron chi connectivity index (χ0n) is 11.5. The Morgan fingerprint density at radius 2 is 1.61 bits per heavy atom. The fourth-order valence-electron chi connectivity index (χ4n) is 1.74. The molecule has 2 aromatic rings. The maximum Gasteiger partial charge on any atom is 0.257 e. The summed E-state index contributed by atoms with van der Waals surface area (Å²) in [6.45, 7) is 0.353. The second-order valence-corrected chi connectivity index (χ2v) is 6.66. The molecule has 0 unspecified atom stereocenters. The second kappa shape index (κ2) is 8.18. The highest BCUT2D eigenvalue weighted by Gasteiger charge is 2.10. The van der Waals surface area contributed by atoms with Gasteiger partial charge in [-0.15, -0.1) is 0 Å². The molecule has 0 aliphatic carbocycles. The number of hydrogen-bond donors (Lipinski definition) is 2. The van der Waals surface area contributed by atoms with Gasteiger partial charge >= 0.3 is 0 Å². The van der Waals surface area contributed by atoms with E-state index in [1.165, 1.54) is 12.1 Å².